The molecule has 0 aliphatic carbocycles. The van der Waals surface area contributed by atoms with Gasteiger partial charge in [-0.05, 0) is 13.8 Å². The molecule has 1 aliphatic heterocycles. The second-order valence-electron chi connectivity index (χ2n) is 2.49. The van der Waals surface area contributed by atoms with Crippen molar-refractivity contribution in [3.63, 3.8) is 0 Å². The molecule has 0 saturated heterocycles. The summed E-state index contributed by atoms with van der Waals surface area (Å²) in [4.78, 5) is 0. The average Bonchev–Trinajstić information content (AvgIpc) is 2.32. The molecule has 2 atom stereocenters. The molecule has 1 aliphatic rings. The first-order chi connectivity index (χ1) is 5.13. The monoisotopic (exact) mass is 160 g/mol. The van der Waals surface area contributed by atoms with E-state index in [1.807, 2.05) is 0 Å². The molecular formula is C7H12O4. The van der Waals surface area contributed by atoms with Gasteiger partial charge in [0.15, 0.2) is 11.5 Å². The van der Waals surface area contributed by atoms with Crippen LogP contribution in [0.3, 0.4) is 0 Å². The second kappa shape index (κ2) is 3.11. The van der Waals surface area contributed by atoms with Crippen molar-refractivity contribution in [2.75, 3.05) is 6.79 Å². The first-order valence-electron chi connectivity index (χ1n) is 3.48. The van der Waals surface area contributed by atoms with Gasteiger partial charge in [0.2, 0.25) is 6.79 Å². The fourth-order valence-electron chi connectivity index (χ4n) is 0.952. The Morgan fingerprint density at radius 2 is 1.45 bits per heavy atom. The lowest BCUT2D eigenvalue weighted by atomic mass is 10.2. The van der Waals surface area contributed by atoms with Gasteiger partial charge in [0.1, 0.15) is 12.2 Å². The Hall–Kier alpha value is -0.740. The summed E-state index contributed by atoms with van der Waals surface area (Å²) < 4.78 is 9.87. The van der Waals surface area contributed by atoms with Crippen LogP contribution in [0.25, 0.3) is 0 Å². The summed E-state index contributed by atoms with van der Waals surface area (Å²) in [6.45, 7) is 3.21. The van der Waals surface area contributed by atoms with Gasteiger partial charge in [0.25, 0.3) is 0 Å². The maximum absolute atomic E-state index is 9.10. The quantitative estimate of drug-likeness (QED) is 0.595. The molecule has 2 unspecified atom stereocenters. The zero-order valence-electron chi connectivity index (χ0n) is 6.57. The molecule has 4 nitrogen and oxygen atoms in total. The fourth-order valence-corrected chi connectivity index (χ4v) is 0.952. The second-order valence-corrected chi connectivity index (χ2v) is 2.49. The highest BCUT2D eigenvalue weighted by Crippen LogP contribution is 2.21. The standard InChI is InChI=1S/C7H12O4/c1-4(8)6-7(5(2)9)11-3-10-6/h4-5,8-9H,3H2,1-2H3. The number of rotatable bonds is 2. The van der Waals surface area contributed by atoms with Crippen molar-refractivity contribution in [2.24, 2.45) is 0 Å². The summed E-state index contributed by atoms with van der Waals surface area (Å²) >= 11 is 0. The number of hydrogen-bond donors (Lipinski definition) is 2. The van der Waals surface area contributed by atoms with Crippen LogP contribution in [-0.2, 0) is 9.47 Å². The molecule has 0 fully saturated rings. The van der Waals surface area contributed by atoms with Crippen molar-refractivity contribution in [2.45, 2.75) is 26.1 Å². The molecule has 1 rings (SSSR count). The third kappa shape index (κ3) is 1.64. The first kappa shape index (κ1) is 8.36. The Kier molecular flexibility index (Phi) is 2.36. The summed E-state index contributed by atoms with van der Waals surface area (Å²) in [7, 11) is 0. The highest BCUT2D eigenvalue weighted by atomic mass is 16.7. The van der Waals surface area contributed by atoms with Gasteiger partial charge < -0.3 is 19.7 Å². The van der Waals surface area contributed by atoms with Crippen molar-refractivity contribution in [1.82, 2.24) is 0 Å². The minimum Gasteiger partial charge on any atom is -0.455 e. The van der Waals surface area contributed by atoms with Gasteiger partial charge in [-0.25, -0.2) is 0 Å². The van der Waals surface area contributed by atoms with Gasteiger partial charge in [-0.3, -0.25) is 0 Å². The van der Waals surface area contributed by atoms with Gasteiger partial charge in [0, 0.05) is 0 Å². The molecule has 0 amide bonds. The minimum absolute atomic E-state index is 0.0838. The predicted molar refractivity (Wildman–Crippen MR) is 37.4 cm³/mol. The van der Waals surface area contributed by atoms with E-state index in [9.17, 15) is 0 Å². The van der Waals surface area contributed by atoms with E-state index >= 15 is 0 Å². The molecule has 0 saturated carbocycles. The first-order valence-corrected chi connectivity index (χ1v) is 3.48. The van der Waals surface area contributed by atoms with Gasteiger partial charge in [-0.15, -0.1) is 0 Å². The minimum atomic E-state index is -0.720. The van der Waals surface area contributed by atoms with Crippen LogP contribution in [-0.4, -0.2) is 29.2 Å². The highest BCUT2D eigenvalue weighted by molar-refractivity contribution is 5.11. The molecule has 0 bridgehead atoms. The summed E-state index contributed by atoms with van der Waals surface area (Å²) in [6, 6.07) is 0. The van der Waals surface area contributed by atoms with Crippen molar-refractivity contribution < 1.29 is 19.7 Å². The molecule has 0 aromatic carbocycles. The van der Waals surface area contributed by atoms with Crippen LogP contribution in [0.2, 0.25) is 0 Å². The van der Waals surface area contributed by atoms with E-state index in [1.165, 1.54) is 0 Å². The van der Waals surface area contributed by atoms with E-state index in [1.54, 1.807) is 13.8 Å². The van der Waals surface area contributed by atoms with E-state index in [-0.39, 0.29) is 6.79 Å². The Balaban J connectivity index is 2.77. The molecule has 1 heterocycles. The summed E-state index contributed by atoms with van der Waals surface area (Å²) in [5.74, 6) is 0.667. The van der Waals surface area contributed by atoms with Crippen LogP contribution in [0.5, 0.6) is 0 Å². The van der Waals surface area contributed by atoms with Crippen LogP contribution in [0, 0.1) is 0 Å². The molecule has 0 aromatic rings. The average molecular weight is 160 g/mol. The number of hydrogen-bond acceptors (Lipinski definition) is 4. The van der Waals surface area contributed by atoms with Crippen molar-refractivity contribution in [1.29, 1.82) is 0 Å². The van der Waals surface area contributed by atoms with E-state index < -0.39 is 12.2 Å². The van der Waals surface area contributed by atoms with Crippen molar-refractivity contribution in [3.05, 3.63) is 11.5 Å². The SMILES string of the molecule is CC(O)C1=C(C(C)O)OCO1. The lowest BCUT2D eigenvalue weighted by molar-refractivity contribution is 0.0370. The smallest absolute Gasteiger partial charge is 0.230 e. The molecule has 4 heteroatoms. The normalized spacial score (nSPS) is 22.5. The molecule has 0 aromatic heterocycles. The Labute approximate surface area is 65.0 Å². The Morgan fingerprint density at radius 1 is 1.09 bits per heavy atom. The van der Waals surface area contributed by atoms with E-state index in [2.05, 4.69) is 0 Å². The van der Waals surface area contributed by atoms with Crippen molar-refractivity contribution in [3.8, 4) is 0 Å². The number of ether oxygens (including phenoxy) is 2. The van der Waals surface area contributed by atoms with Crippen molar-refractivity contribution >= 4 is 0 Å². The number of aliphatic hydroxyl groups is 2. The Morgan fingerprint density at radius 3 is 1.73 bits per heavy atom. The summed E-state index contributed by atoms with van der Waals surface area (Å²) in [6.07, 6.45) is -1.44. The van der Waals surface area contributed by atoms with Gasteiger partial charge >= 0.3 is 0 Å². The van der Waals surface area contributed by atoms with Gasteiger partial charge in [-0.2, -0.15) is 0 Å². The van der Waals surface area contributed by atoms with E-state index in [4.69, 9.17) is 19.7 Å². The van der Waals surface area contributed by atoms with Crippen LogP contribution in [0.4, 0.5) is 0 Å². The molecule has 0 spiro atoms. The topological polar surface area (TPSA) is 58.9 Å². The molecule has 11 heavy (non-hydrogen) atoms. The van der Waals surface area contributed by atoms with E-state index in [0.29, 0.717) is 11.5 Å². The zero-order valence-corrected chi connectivity index (χ0v) is 6.57. The highest BCUT2D eigenvalue weighted by Gasteiger charge is 2.24. The van der Waals surface area contributed by atoms with Gasteiger partial charge in [-0.1, -0.05) is 0 Å². The van der Waals surface area contributed by atoms with E-state index in [0.717, 1.165) is 0 Å². The summed E-state index contributed by atoms with van der Waals surface area (Å²) in [5, 5.41) is 18.2. The third-order valence-corrected chi connectivity index (χ3v) is 1.43. The van der Waals surface area contributed by atoms with Crippen LogP contribution in [0.1, 0.15) is 13.8 Å². The van der Waals surface area contributed by atoms with Crippen LogP contribution >= 0.6 is 0 Å². The third-order valence-electron chi connectivity index (χ3n) is 1.43. The fraction of sp³-hybridized carbons (Fsp3) is 0.714. The summed E-state index contributed by atoms with van der Waals surface area (Å²) in [5.41, 5.74) is 0. The molecule has 64 valence electrons. The molecule has 2 N–H and O–H groups in total. The lowest BCUT2D eigenvalue weighted by Crippen LogP contribution is -2.12. The largest absolute Gasteiger partial charge is 0.455 e. The number of aliphatic hydroxyl groups excluding tert-OH is 2. The Bertz CT molecular complexity index is 153. The van der Waals surface area contributed by atoms with Crippen LogP contribution < -0.4 is 0 Å². The lowest BCUT2D eigenvalue weighted by Gasteiger charge is -2.07. The molecule has 0 radical (unpaired) electrons. The van der Waals surface area contributed by atoms with Gasteiger partial charge in [0.05, 0.1) is 0 Å². The maximum atomic E-state index is 9.10. The predicted octanol–water partition coefficient (Wildman–Crippen LogP) is -0.0361. The maximum Gasteiger partial charge on any atom is 0.230 e. The zero-order chi connectivity index (χ0) is 8.43. The van der Waals surface area contributed by atoms with Crippen LogP contribution in [0.15, 0.2) is 11.5 Å². The molecular weight excluding hydrogens is 148 g/mol.